The van der Waals surface area contributed by atoms with Gasteiger partial charge in [0.05, 0.1) is 0 Å². The normalized spacial score (nSPS) is 60.6. The van der Waals surface area contributed by atoms with Gasteiger partial charge in [0.25, 0.3) is 0 Å². The maximum atomic E-state index is 4.41. The average molecular weight is 468 g/mol. The minimum absolute atomic E-state index is 0.390. The van der Waals surface area contributed by atoms with E-state index in [9.17, 15) is 0 Å². The summed E-state index contributed by atoms with van der Waals surface area (Å²) in [5, 5.41) is 4.41. The molecule has 1 saturated heterocycles. The molecule has 5 aliphatic carbocycles. The van der Waals surface area contributed by atoms with E-state index in [1.54, 1.807) is 0 Å². The highest BCUT2D eigenvalue weighted by Crippen LogP contribution is 2.82. The number of nitrogens with one attached hydrogen (secondary N) is 1. The molecule has 5 saturated carbocycles. The van der Waals surface area contributed by atoms with Gasteiger partial charge in [-0.3, -0.25) is 0 Å². The third kappa shape index (κ3) is 2.44. The molecule has 0 aromatic carbocycles. The third-order valence-electron chi connectivity index (χ3n) is 15.8. The van der Waals surface area contributed by atoms with Crippen LogP contribution in [0.15, 0.2) is 0 Å². The third-order valence-corrected chi connectivity index (χ3v) is 15.8. The summed E-state index contributed by atoms with van der Waals surface area (Å²) < 4.78 is 0. The highest BCUT2D eigenvalue weighted by molar-refractivity contribution is 5.37. The number of rotatable bonds is 0. The summed E-state index contributed by atoms with van der Waals surface area (Å²) in [5.41, 5.74) is 3.66. The number of hydrogen-bond acceptors (Lipinski definition) is 1. The van der Waals surface area contributed by atoms with Crippen molar-refractivity contribution in [3.05, 3.63) is 0 Å². The van der Waals surface area contributed by atoms with Crippen LogP contribution in [0.1, 0.15) is 134 Å². The first-order valence-electron chi connectivity index (χ1n) is 15.2. The smallest absolute Gasteiger partial charge is 0.0431 e. The molecule has 0 bridgehead atoms. The fourth-order valence-corrected chi connectivity index (χ4v) is 13.3. The molecule has 0 aromatic heterocycles. The van der Waals surface area contributed by atoms with Crippen molar-refractivity contribution < 1.29 is 0 Å². The summed E-state index contributed by atoms with van der Waals surface area (Å²) >= 11 is 0. The molecule has 10 unspecified atom stereocenters. The molecule has 1 nitrogen and oxygen atoms in total. The topological polar surface area (TPSA) is 21.9 Å². The van der Waals surface area contributed by atoms with Gasteiger partial charge in [-0.15, -0.1) is 0 Å². The van der Waals surface area contributed by atoms with Crippen molar-refractivity contribution in [3.63, 3.8) is 0 Å². The highest BCUT2D eigenvalue weighted by Gasteiger charge is 2.83. The molecule has 0 aromatic rings. The summed E-state index contributed by atoms with van der Waals surface area (Å²) in [7, 11) is 0. The molecular weight excluding hydrogens is 410 g/mol. The van der Waals surface area contributed by atoms with Gasteiger partial charge in [0.2, 0.25) is 0 Å². The molecule has 6 rings (SSSR count). The molecule has 1 heterocycles. The largest absolute Gasteiger partial charge is 0.304 e. The van der Waals surface area contributed by atoms with Crippen LogP contribution in [0.25, 0.3) is 0 Å². The second-order valence-corrected chi connectivity index (χ2v) is 17.9. The maximum Gasteiger partial charge on any atom is 0.0431 e. The summed E-state index contributed by atoms with van der Waals surface area (Å²) in [6.45, 7) is 29.3. The zero-order valence-corrected chi connectivity index (χ0v) is 24.8. The Morgan fingerprint density at radius 1 is 0.676 bits per heavy atom. The molecule has 6 fully saturated rings. The van der Waals surface area contributed by atoms with Crippen LogP contribution in [0.5, 0.6) is 0 Å². The molecule has 1 aliphatic heterocycles. The van der Waals surface area contributed by atoms with Crippen molar-refractivity contribution in [2.24, 2.45) is 61.6 Å². The first kappa shape index (κ1) is 24.3. The first-order chi connectivity index (χ1) is 15.4. The van der Waals surface area contributed by atoms with Gasteiger partial charge < -0.3 is 5.32 Å². The Bertz CT molecular complexity index is 898. The number of hydrogen-bond donors (Lipinski definition) is 1. The fraction of sp³-hybridized carbons (Fsp3) is 1.00. The molecule has 194 valence electrons. The van der Waals surface area contributed by atoms with E-state index in [2.05, 4.69) is 81.5 Å². The number of fused-ring (bicyclic) bond motifs is 5. The molecule has 6 aliphatic rings. The second kappa shape index (κ2) is 6.32. The van der Waals surface area contributed by atoms with E-state index in [1.807, 2.05) is 0 Å². The average Bonchev–Trinajstić information content (AvgIpc) is 3.43. The van der Waals surface area contributed by atoms with Gasteiger partial charge in [-0.05, 0) is 119 Å². The van der Waals surface area contributed by atoms with Crippen LogP contribution in [0, 0.1) is 61.6 Å². The molecule has 10 atom stereocenters. The van der Waals surface area contributed by atoms with Crippen LogP contribution in [0.2, 0.25) is 0 Å². The maximum absolute atomic E-state index is 4.41. The van der Waals surface area contributed by atoms with Crippen molar-refractivity contribution in [2.75, 3.05) is 0 Å². The lowest BCUT2D eigenvalue weighted by Crippen LogP contribution is -2.72. The molecular formula is C33H57N. The quantitative estimate of drug-likeness (QED) is 0.353. The van der Waals surface area contributed by atoms with E-state index in [0.29, 0.717) is 43.4 Å². The molecule has 0 radical (unpaired) electrons. The van der Waals surface area contributed by atoms with Crippen LogP contribution < -0.4 is 5.32 Å². The fourth-order valence-electron chi connectivity index (χ4n) is 13.3. The Balaban J connectivity index is 1.45. The van der Waals surface area contributed by atoms with E-state index in [-0.39, 0.29) is 0 Å². The van der Waals surface area contributed by atoms with Crippen molar-refractivity contribution in [3.8, 4) is 0 Å². The minimum atomic E-state index is 0.390. The van der Waals surface area contributed by atoms with Crippen molar-refractivity contribution in [1.29, 1.82) is 0 Å². The van der Waals surface area contributed by atoms with Crippen LogP contribution in [0.4, 0.5) is 0 Å². The summed E-state index contributed by atoms with van der Waals surface area (Å²) in [6.07, 6.45) is 13.0. The Labute approximate surface area is 212 Å². The molecule has 1 heteroatoms. The second-order valence-electron chi connectivity index (χ2n) is 17.9. The van der Waals surface area contributed by atoms with E-state index in [0.717, 1.165) is 29.7 Å². The van der Waals surface area contributed by atoms with Crippen molar-refractivity contribution in [2.45, 2.75) is 146 Å². The SMILES string of the molecule is CC1CCC2(C)C(CCC3(C)C2CC2NC24C2CC(C)(C)CC(C)(C)C2(C)CCC34C)C1(C)C. The van der Waals surface area contributed by atoms with Gasteiger partial charge in [-0.1, -0.05) is 76.2 Å². The van der Waals surface area contributed by atoms with Gasteiger partial charge in [-0.2, -0.15) is 0 Å². The monoisotopic (exact) mass is 467 g/mol. The Morgan fingerprint density at radius 2 is 1.35 bits per heavy atom. The predicted molar refractivity (Wildman–Crippen MR) is 145 cm³/mol. The van der Waals surface area contributed by atoms with E-state index >= 15 is 0 Å². The van der Waals surface area contributed by atoms with Gasteiger partial charge in [0, 0.05) is 11.6 Å². The van der Waals surface area contributed by atoms with Gasteiger partial charge in [0.15, 0.2) is 0 Å². The lowest BCUT2D eigenvalue weighted by atomic mass is 9.29. The van der Waals surface area contributed by atoms with Gasteiger partial charge >= 0.3 is 0 Å². The Hall–Kier alpha value is -0.0400. The van der Waals surface area contributed by atoms with E-state index in [4.69, 9.17) is 0 Å². The van der Waals surface area contributed by atoms with Crippen LogP contribution >= 0.6 is 0 Å². The van der Waals surface area contributed by atoms with Crippen molar-refractivity contribution >= 4 is 0 Å². The lowest BCUT2D eigenvalue weighted by molar-refractivity contribution is -0.243. The van der Waals surface area contributed by atoms with Crippen LogP contribution in [0.3, 0.4) is 0 Å². The predicted octanol–water partition coefficient (Wildman–Crippen LogP) is 8.86. The Morgan fingerprint density at radius 3 is 2.03 bits per heavy atom. The Kier molecular flexibility index (Phi) is 4.52. The summed E-state index contributed by atoms with van der Waals surface area (Å²) in [6, 6.07) is 0.767. The molecule has 1 spiro atoms. The van der Waals surface area contributed by atoms with Crippen LogP contribution in [-0.4, -0.2) is 11.6 Å². The standard InChI is InChI=1S/C33H57N/c1-21-12-14-29(8)22(28(21,6)7)13-15-31(10)23(29)18-25-33(34-25)24-19-26(2,3)20-27(4,5)30(24,9)16-17-32(31,33)11/h21-25,34H,12-20H2,1-11H3. The van der Waals surface area contributed by atoms with Gasteiger partial charge in [0.1, 0.15) is 0 Å². The first-order valence-corrected chi connectivity index (χ1v) is 15.2. The van der Waals surface area contributed by atoms with E-state index < -0.39 is 0 Å². The zero-order valence-electron chi connectivity index (χ0n) is 24.8. The van der Waals surface area contributed by atoms with Gasteiger partial charge in [-0.25, -0.2) is 0 Å². The molecule has 0 amide bonds. The van der Waals surface area contributed by atoms with Crippen molar-refractivity contribution in [1.82, 2.24) is 5.32 Å². The summed E-state index contributed by atoms with van der Waals surface area (Å²) in [4.78, 5) is 0. The molecule has 34 heavy (non-hydrogen) atoms. The van der Waals surface area contributed by atoms with E-state index in [1.165, 1.54) is 57.8 Å². The summed E-state index contributed by atoms with van der Waals surface area (Å²) in [5.74, 6) is 3.48. The minimum Gasteiger partial charge on any atom is -0.304 e. The lowest BCUT2D eigenvalue weighted by Gasteiger charge is -2.74. The molecule has 1 N–H and O–H groups in total. The highest BCUT2D eigenvalue weighted by atomic mass is 15.3. The zero-order chi connectivity index (χ0) is 25.0. The van der Waals surface area contributed by atoms with Crippen LogP contribution in [-0.2, 0) is 0 Å².